The molecule has 0 spiro atoms. The summed E-state index contributed by atoms with van der Waals surface area (Å²) in [6.45, 7) is 4.21. The molecule has 2 amide bonds. The van der Waals surface area contributed by atoms with Crippen molar-refractivity contribution in [1.29, 1.82) is 0 Å². The van der Waals surface area contributed by atoms with Crippen molar-refractivity contribution in [2.24, 2.45) is 11.8 Å². The number of furan rings is 1. The highest BCUT2D eigenvalue weighted by Gasteiger charge is 2.51. The number of para-hydroxylation sites is 1. The number of carbonyl (C=O) groups is 1. The number of nitrogens with one attached hydrogen (secondary N) is 1. The van der Waals surface area contributed by atoms with Gasteiger partial charge in [-0.2, -0.15) is 0 Å². The summed E-state index contributed by atoms with van der Waals surface area (Å²) >= 11 is 0. The topological polar surface area (TPSA) is 54.7 Å². The number of aryl methyl sites for hydroxylation is 1. The fourth-order valence-electron chi connectivity index (χ4n) is 4.63. The maximum atomic E-state index is 12.5. The number of rotatable bonds is 3. The summed E-state index contributed by atoms with van der Waals surface area (Å²) in [5, 5.41) is 4.22. The molecule has 1 aromatic heterocycles. The number of urea groups is 1. The molecule has 5 nitrogen and oxygen atoms in total. The molecule has 25 heavy (non-hydrogen) atoms. The molecule has 1 aromatic carbocycles. The number of fused-ring (bicyclic) bond motifs is 6. The van der Waals surface area contributed by atoms with Crippen LogP contribution >= 0.6 is 0 Å². The molecule has 2 fully saturated rings. The summed E-state index contributed by atoms with van der Waals surface area (Å²) in [5.74, 6) is 1.88. The minimum atomic E-state index is 0.0410. The summed E-state index contributed by atoms with van der Waals surface area (Å²) < 4.78 is 11.7. The second-order valence-corrected chi connectivity index (χ2v) is 7.30. The average molecular weight is 338 g/mol. The van der Waals surface area contributed by atoms with Gasteiger partial charge in [-0.15, -0.1) is 0 Å². The Morgan fingerprint density at radius 2 is 1.92 bits per heavy atom. The lowest BCUT2D eigenvalue weighted by Crippen LogP contribution is -2.40. The fraction of sp³-hybridized carbons (Fsp3) is 0.450. The number of ether oxygens (including phenoxy) is 1. The van der Waals surface area contributed by atoms with E-state index in [0.717, 1.165) is 36.2 Å². The molecule has 4 unspecified atom stereocenters. The van der Waals surface area contributed by atoms with E-state index in [1.54, 1.807) is 0 Å². The van der Waals surface area contributed by atoms with E-state index in [1.807, 2.05) is 30.0 Å². The maximum absolute atomic E-state index is 12.5. The van der Waals surface area contributed by atoms with Crippen molar-refractivity contribution in [2.75, 3.05) is 19.6 Å². The van der Waals surface area contributed by atoms with Gasteiger partial charge in [-0.25, -0.2) is 4.79 Å². The molecule has 130 valence electrons. The van der Waals surface area contributed by atoms with Gasteiger partial charge in [0.1, 0.15) is 11.3 Å². The number of carbonyl (C=O) groups excluding carboxylic acids is 1. The Labute approximate surface area is 146 Å². The maximum Gasteiger partial charge on any atom is 0.317 e. The molecular formula is C20H22N2O3. The van der Waals surface area contributed by atoms with Crippen LogP contribution in [0.1, 0.15) is 11.3 Å². The number of hydrogen-bond donors (Lipinski definition) is 1. The SMILES string of the molecule is Cc1oc2ccccc2c1CCNC(=O)N1CC2C3C=CC(O3)C2C1. The largest absolute Gasteiger partial charge is 0.461 e. The molecule has 3 aliphatic rings. The van der Waals surface area contributed by atoms with Crippen molar-refractivity contribution in [3.05, 3.63) is 47.7 Å². The zero-order valence-electron chi connectivity index (χ0n) is 14.3. The monoisotopic (exact) mass is 338 g/mol. The Balaban J connectivity index is 1.20. The van der Waals surface area contributed by atoms with Crippen molar-refractivity contribution >= 4 is 17.0 Å². The number of benzene rings is 1. The van der Waals surface area contributed by atoms with Crippen molar-refractivity contribution in [3.63, 3.8) is 0 Å². The Morgan fingerprint density at radius 3 is 2.68 bits per heavy atom. The van der Waals surface area contributed by atoms with Gasteiger partial charge in [0.15, 0.2) is 0 Å². The normalized spacial score (nSPS) is 29.6. The molecule has 5 rings (SSSR count). The van der Waals surface area contributed by atoms with Crippen molar-refractivity contribution in [2.45, 2.75) is 25.6 Å². The highest BCUT2D eigenvalue weighted by molar-refractivity contribution is 5.82. The lowest BCUT2D eigenvalue weighted by atomic mass is 9.86. The van der Waals surface area contributed by atoms with E-state index in [0.29, 0.717) is 18.4 Å². The minimum Gasteiger partial charge on any atom is -0.461 e. The van der Waals surface area contributed by atoms with Crippen LogP contribution in [-0.2, 0) is 11.2 Å². The number of likely N-dealkylation sites (tertiary alicyclic amines) is 1. The van der Waals surface area contributed by atoms with E-state index in [4.69, 9.17) is 9.15 Å². The second kappa shape index (κ2) is 5.63. The van der Waals surface area contributed by atoms with E-state index in [2.05, 4.69) is 23.5 Å². The molecule has 0 aliphatic carbocycles. The average Bonchev–Trinajstić information content (AvgIpc) is 3.35. The highest BCUT2D eigenvalue weighted by atomic mass is 16.5. The van der Waals surface area contributed by atoms with E-state index in [1.165, 1.54) is 5.56 Å². The molecule has 5 heteroatoms. The third-order valence-corrected chi connectivity index (χ3v) is 5.90. The fourth-order valence-corrected chi connectivity index (χ4v) is 4.63. The summed E-state index contributed by atoms with van der Waals surface area (Å²) in [7, 11) is 0. The van der Waals surface area contributed by atoms with Crippen LogP contribution in [0, 0.1) is 18.8 Å². The Bertz CT molecular complexity index is 836. The lowest BCUT2D eigenvalue weighted by Gasteiger charge is -2.19. The van der Waals surface area contributed by atoms with Gasteiger partial charge in [0.05, 0.1) is 12.2 Å². The second-order valence-electron chi connectivity index (χ2n) is 7.30. The zero-order valence-corrected chi connectivity index (χ0v) is 14.3. The Hall–Kier alpha value is -2.27. The van der Waals surface area contributed by atoms with Gasteiger partial charge in [0, 0.05) is 42.4 Å². The van der Waals surface area contributed by atoms with Gasteiger partial charge in [0.2, 0.25) is 0 Å². The lowest BCUT2D eigenvalue weighted by molar-refractivity contribution is 0.0883. The quantitative estimate of drug-likeness (QED) is 0.876. The molecule has 3 aliphatic heterocycles. The van der Waals surface area contributed by atoms with Gasteiger partial charge in [0.25, 0.3) is 0 Å². The summed E-state index contributed by atoms with van der Waals surface area (Å²) in [4.78, 5) is 14.5. The van der Waals surface area contributed by atoms with Gasteiger partial charge in [-0.3, -0.25) is 0 Å². The molecule has 2 saturated heterocycles. The van der Waals surface area contributed by atoms with Crippen LogP contribution in [0.3, 0.4) is 0 Å². The highest BCUT2D eigenvalue weighted by Crippen LogP contribution is 2.43. The molecule has 0 radical (unpaired) electrons. The van der Waals surface area contributed by atoms with Crippen molar-refractivity contribution in [3.8, 4) is 0 Å². The molecule has 2 aromatic rings. The first-order chi connectivity index (χ1) is 12.2. The van der Waals surface area contributed by atoms with Crippen LogP contribution in [0.15, 0.2) is 40.8 Å². The van der Waals surface area contributed by atoms with Crippen molar-refractivity contribution < 1.29 is 13.9 Å². The van der Waals surface area contributed by atoms with Crippen LogP contribution in [0.2, 0.25) is 0 Å². The zero-order chi connectivity index (χ0) is 17.0. The van der Waals surface area contributed by atoms with E-state index in [-0.39, 0.29) is 18.2 Å². The molecule has 4 atom stereocenters. The first-order valence-corrected chi connectivity index (χ1v) is 9.04. The Morgan fingerprint density at radius 1 is 1.20 bits per heavy atom. The number of amides is 2. The van der Waals surface area contributed by atoms with Gasteiger partial charge in [-0.05, 0) is 19.4 Å². The Kier molecular flexibility index (Phi) is 3.38. The first kappa shape index (κ1) is 15.0. The van der Waals surface area contributed by atoms with Crippen LogP contribution in [-0.4, -0.2) is 42.8 Å². The number of hydrogen-bond acceptors (Lipinski definition) is 3. The summed E-state index contributed by atoms with van der Waals surface area (Å²) in [6, 6.07) is 8.10. The van der Waals surface area contributed by atoms with Gasteiger partial charge < -0.3 is 19.4 Å². The smallest absolute Gasteiger partial charge is 0.317 e. The van der Waals surface area contributed by atoms with Crippen LogP contribution in [0.5, 0.6) is 0 Å². The van der Waals surface area contributed by atoms with Crippen LogP contribution in [0.4, 0.5) is 4.79 Å². The molecule has 2 bridgehead atoms. The number of nitrogens with zero attached hydrogens (tertiary/aromatic N) is 1. The summed E-state index contributed by atoms with van der Waals surface area (Å²) in [5.41, 5.74) is 2.10. The summed E-state index contributed by atoms with van der Waals surface area (Å²) in [6.07, 6.45) is 5.52. The minimum absolute atomic E-state index is 0.0410. The van der Waals surface area contributed by atoms with E-state index < -0.39 is 0 Å². The predicted molar refractivity (Wildman–Crippen MR) is 94.4 cm³/mol. The third kappa shape index (κ3) is 2.37. The van der Waals surface area contributed by atoms with Crippen molar-refractivity contribution in [1.82, 2.24) is 10.2 Å². The molecule has 1 N–H and O–H groups in total. The van der Waals surface area contributed by atoms with E-state index in [9.17, 15) is 4.79 Å². The standard InChI is InChI=1S/C20H22N2O3/c1-12-13(14-4-2-3-5-17(14)24-12)8-9-21-20(23)22-10-15-16(11-22)19-7-6-18(15)25-19/h2-7,15-16,18-19H,8-11H2,1H3,(H,21,23). The molecular weight excluding hydrogens is 316 g/mol. The predicted octanol–water partition coefficient (Wildman–Crippen LogP) is 2.88. The third-order valence-electron chi connectivity index (χ3n) is 5.90. The van der Waals surface area contributed by atoms with Gasteiger partial charge >= 0.3 is 6.03 Å². The molecule has 4 heterocycles. The van der Waals surface area contributed by atoms with Crippen LogP contribution in [0.25, 0.3) is 11.0 Å². The van der Waals surface area contributed by atoms with E-state index >= 15 is 0 Å². The first-order valence-electron chi connectivity index (χ1n) is 9.04. The van der Waals surface area contributed by atoms with Crippen LogP contribution < -0.4 is 5.32 Å². The molecule has 0 saturated carbocycles. The van der Waals surface area contributed by atoms with Gasteiger partial charge in [-0.1, -0.05) is 30.4 Å².